The van der Waals surface area contributed by atoms with Crippen molar-refractivity contribution in [3.05, 3.63) is 30.3 Å². The largest absolute Gasteiger partial charge is 0.481 e. The van der Waals surface area contributed by atoms with Gasteiger partial charge in [0, 0.05) is 6.92 Å². The lowest BCUT2D eigenvalue weighted by Gasteiger charge is -2.03. The Labute approximate surface area is 85.6 Å². The Morgan fingerprint density at radius 1 is 1.29 bits per heavy atom. The number of hydrogen-bond donors (Lipinski definition) is 0. The van der Waals surface area contributed by atoms with Gasteiger partial charge in [-0.3, -0.25) is 0 Å². The molecule has 0 aliphatic rings. The zero-order valence-corrected chi connectivity index (χ0v) is 8.86. The second-order valence-electron chi connectivity index (χ2n) is 3.17. The van der Waals surface area contributed by atoms with Crippen molar-refractivity contribution in [2.24, 2.45) is 4.99 Å². The zero-order chi connectivity index (χ0) is 10.2. The lowest BCUT2D eigenvalue weighted by Crippen LogP contribution is -2.00. The Bertz CT molecular complexity index is 280. The first-order chi connectivity index (χ1) is 6.83. The van der Waals surface area contributed by atoms with Gasteiger partial charge in [0.25, 0.3) is 0 Å². The molecule has 0 fully saturated rings. The van der Waals surface area contributed by atoms with Crippen molar-refractivity contribution >= 4 is 11.6 Å². The Hall–Kier alpha value is -1.31. The van der Waals surface area contributed by atoms with Crippen molar-refractivity contribution in [1.29, 1.82) is 0 Å². The Kier molecular flexibility index (Phi) is 4.76. The van der Waals surface area contributed by atoms with E-state index in [9.17, 15) is 0 Å². The highest BCUT2D eigenvalue weighted by molar-refractivity contribution is 5.76. The number of ether oxygens (including phenoxy) is 1. The summed E-state index contributed by atoms with van der Waals surface area (Å²) in [6, 6.07) is 9.85. The quantitative estimate of drug-likeness (QED) is 0.405. The Balaban J connectivity index is 2.43. The Morgan fingerprint density at radius 2 is 2.00 bits per heavy atom. The molecule has 0 heterocycles. The summed E-state index contributed by atoms with van der Waals surface area (Å²) >= 11 is 0. The normalized spacial score (nSPS) is 11.4. The van der Waals surface area contributed by atoms with Gasteiger partial charge in [-0.25, -0.2) is 4.99 Å². The van der Waals surface area contributed by atoms with Crippen LogP contribution < -0.4 is 0 Å². The van der Waals surface area contributed by atoms with E-state index < -0.39 is 0 Å². The first kappa shape index (κ1) is 10.8. The second kappa shape index (κ2) is 6.19. The van der Waals surface area contributed by atoms with Gasteiger partial charge in [-0.1, -0.05) is 31.5 Å². The van der Waals surface area contributed by atoms with Crippen LogP contribution in [-0.4, -0.2) is 12.5 Å². The first-order valence-corrected chi connectivity index (χ1v) is 5.06. The van der Waals surface area contributed by atoms with Gasteiger partial charge in [-0.05, 0) is 18.6 Å². The number of rotatable bonds is 4. The van der Waals surface area contributed by atoms with E-state index in [2.05, 4.69) is 11.9 Å². The van der Waals surface area contributed by atoms with Gasteiger partial charge in [-0.2, -0.15) is 0 Å². The van der Waals surface area contributed by atoms with E-state index in [0.29, 0.717) is 0 Å². The van der Waals surface area contributed by atoms with E-state index in [1.165, 1.54) is 0 Å². The van der Waals surface area contributed by atoms with E-state index in [-0.39, 0.29) is 0 Å². The molecular weight excluding hydrogens is 174 g/mol. The van der Waals surface area contributed by atoms with Crippen LogP contribution >= 0.6 is 0 Å². The molecule has 0 saturated carbocycles. The molecule has 1 aromatic rings. The number of nitrogens with zero attached hydrogens (tertiary/aromatic N) is 1. The summed E-state index contributed by atoms with van der Waals surface area (Å²) in [6.07, 6.45) is 2.24. The average Bonchev–Trinajstić information content (AvgIpc) is 2.20. The topological polar surface area (TPSA) is 21.6 Å². The molecule has 0 N–H and O–H groups in total. The molecular formula is C12H17NO. The molecule has 0 aliphatic carbocycles. The van der Waals surface area contributed by atoms with Crippen LogP contribution in [0.1, 0.15) is 26.7 Å². The van der Waals surface area contributed by atoms with E-state index in [0.717, 1.165) is 31.0 Å². The summed E-state index contributed by atoms with van der Waals surface area (Å²) < 4.78 is 5.44. The number of hydrogen-bond acceptors (Lipinski definition) is 2. The van der Waals surface area contributed by atoms with E-state index in [4.69, 9.17) is 4.74 Å². The third-order valence-electron chi connectivity index (χ3n) is 1.85. The molecule has 76 valence electrons. The van der Waals surface area contributed by atoms with Gasteiger partial charge in [0.05, 0.1) is 12.3 Å². The summed E-state index contributed by atoms with van der Waals surface area (Å²) in [5.41, 5.74) is 0.946. The van der Waals surface area contributed by atoms with Crippen LogP contribution in [0.3, 0.4) is 0 Å². The number of para-hydroxylation sites is 1. The summed E-state index contributed by atoms with van der Waals surface area (Å²) in [5, 5.41) is 0. The van der Waals surface area contributed by atoms with Crippen LogP contribution in [0.15, 0.2) is 35.3 Å². The van der Waals surface area contributed by atoms with Crippen LogP contribution in [0.4, 0.5) is 5.69 Å². The highest BCUT2D eigenvalue weighted by atomic mass is 16.5. The minimum atomic E-state index is 0.740. The van der Waals surface area contributed by atoms with Crippen molar-refractivity contribution < 1.29 is 4.74 Å². The van der Waals surface area contributed by atoms with E-state index >= 15 is 0 Å². The van der Waals surface area contributed by atoms with Gasteiger partial charge < -0.3 is 4.74 Å². The van der Waals surface area contributed by atoms with Crippen LogP contribution in [0.25, 0.3) is 0 Å². The van der Waals surface area contributed by atoms with E-state index in [1.807, 2.05) is 37.3 Å². The van der Waals surface area contributed by atoms with Gasteiger partial charge >= 0.3 is 0 Å². The number of unbranched alkanes of at least 4 members (excludes halogenated alkanes) is 1. The molecule has 0 aromatic heterocycles. The van der Waals surface area contributed by atoms with Gasteiger partial charge in [0.15, 0.2) is 5.90 Å². The molecule has 0 amide bonds. The van der Waals surface area contributed by atoms with Crippen molar-refractivity contribution in [3.63, 3.8) is 0 Å². The first-order valence-electron chi connectivity index (χ1n) is 5.06. The minimum Gasteiger partial charge on any atom is -0.481 e. The smallest absolute Gasteiger partial charge is 0.185 e. The molecule has 0 atom stereocenters. The maximum absolute atomic E-state index is 5.44. The summed E-state index contributed by atoms with van der Waals surface area (Å²) in [5.74, 6) is 0.740. The summed E-state index contributed by atoms with van der Waals surface area (Å²) in [7, 11) is 0. The van der Waals surface area contributed by atoms with Crippen LogP contribution in [0, 0.1) is 0 Å². The van der Waals surface area contributed by atoms with Crippen molar-refractivity contribution in [1.82, 2.24) is 0 Å². The fourth-order valence-corrected chi connectivity index (χ4v) is 1.08. The molecule has 0 unspecified atom stereocenters. The van der Waals surface area contributed by atoms with Crippen molar-refractivity contribution in [2.45, 2.75) is 26.7 Å². The molecule has 1 aromatic carbocycles. The molecule has 0 saturated heterocycles. The predicted octanol–water partition coefficient (Wildman–Crippen LogP) is 3.55. The fourth-order valence-electron chi connectivity index (χ4n) is 1.08. The maximum atomic E-state index is 5.44. The average molecular weight is 191 g/mol. The van der Waals surface area contributed by atoms with Gasteiger partial charge in [0.1, 0.15) is 0 Å². The molecule has 2 heteroatoms. The highest BCUT2D eigenvalue weighted by Crippen LogP contribution is 2.10. The lowest BCUT2D eigenvalue weighted by atomic mass is 10.3. The van der Waals surface area contributed by atoms with Gasteiger partial charge in [0.2, 0.25) is 0 Å². The summed E-state index contributed by atoms with van der Waals surface area (Å²) in [4.78, 5) is 4.33. The molecule has 14 heavy (non-hydrogen) atoms. The second-order valence-corrected chi connectivity index (χ2v) is 3.17. The minimum absolute atomic E-state index is 0.740. The molecule has 1 rings (SSSR count). The van der Waals surface area contributed by atoms with Gasteiger partial charge in [-0.15, -0.1) is 0 Å². The lowest BCUT2D eigenvalue weighted by molar-refractivity contribution is 0.294. The highest BCUT2D eigenvalue weighted by Gasteiger charge is 1.92. The number of aliphatic imine (C=N–C) groups is 1. The van der Waals surface area contributed by atoms with Crippen LogP contribution in [0.2, 0.25) is 0 Å². The van der Waals surface area contributed by atoms with Crippen molar-refractivity contribution in [2.75, 3.05) is 6.61 Å². The Morgan fingerprint density at radius 3 is 2.64 bits per heavy atom. The monoisotopic (exact) mass is 191 g/mol. The third kappa shape index (κ3) is 4.08. The zero-order valence-electron chi connectivity index (χ0n) is 8.86. The number of benzene rings is 1. The standard InChI is InChI=1S/C12H17NO/c1-3-4-10-14-11(2)13-12-8-6-5-7-9-12/h5-9H,3-4,10H2,1-2H3. The molecule has 0 radical (unpaired) electrons. The van der Waals surface area contributed by atoms with Crippen molar-refractivity contribution in [3.8, 4) is 0 Å². The third-order valence-corrected chi connectivity index (χ3v) is 1.85. The van der Waals surface area contributed by atoms with Crippen LogP contribution in [0.5, 0.6) is 0 Å². The van der Waals surface area contributed by atoms with E-state index in [1.54, 1.807) is 0 Å². The fraction of sp³-hybridized carbons (Fsp3) is 0.417. The SMILES string of the molecule is CCCCOC(C)=Nc1ccccc1. The predicted molar refractivity (Wildman–Crippen MR) is 60.1 cm³/mol. The maximum Gasteiger partial charge on any atom is 0.185 e. The molecule has 0 aliphatic heterocycles. The molecule has 0 spiro atoms. The van der Waals surface area contributed by atoms with Crippen LogP contribution in [-0.2, 0) is 4.74 Å². The molecule has 2 nitrogen and oxygen atoms in total. The molecule has 0 bridgehead atoms. The summed E-state index contributed by atoms with van der Waals surface area (Å²) in [6.45, 7) is 4.80.